The number of hydrogen-bond acceptors (Lipinski definition) is 3. The molecule has 0 unspecified atom stereocenters. The smallest absolute Gasteiger partial charge is 0.303 e. The van der Waals surface area contributed by atoms with Crippen LogP contribution in [-0.4, -0.2) is 33.8 Å². The zero-order valence-electron chi connectivity index (χ0n) is 14.7. The average Bonchev–Trinajstić information content (AvgIpc) is 2.52. The van der Waals surface area contributed by atoms with Gasteiger partial charge in [0.05, 0.1) is 0 Å². The molecule has 0 spiro atoms. The van der Waals surface area contributed by atoms with Gasteiger partial charge in [0.2, 0.25) is 0 Å². The van der Waals surface area contributed by atoms with Gasteiger partial charge in [-0.15, -0.1) is 5.92 Å². The number of carboxylic acid groups (broad SMARTS) is 1. The number of unbranched alkanes of at least 4 members (excludes halogenated alkanes) is 7. The van der Waals surface area contributed by atoms with Crippen LogP contribution in [0.5, 0.6) is 0 Å². The SMILES string of the molecule is CCCC[C@@H](O)C#CCCCCCCCSCCCCC(=O)O. The van der Waals surface area contributed by atoms with Crippen molar-refractivity contribution in [3.05, 3.63) is 0 Å². The first-order valence-corrected chi connectivity index (χ1v) is 10.3. The van der Waals surface area contributed by atoms with E-state index in [9.17, 15) is 9.90 Å². The Balaban J connectivity index is 3.19. The van der Waals surface area contributed by atoms with E-state index in [1.54, 1.807) is 0 Å². The number of carboxylic acids is 1. The molecule has 4 heteroatoms. The minimum atomic E-state index is -0.685. The Kier molecular flexibility index (Phi) is 17.2. The maximum Gasteiger partial charge on any atom is 0.303 e. The largest absolute Gasteiger partial charge is 0.481 e. The van der Waals surface area contributed by atoms with Gasteiger partial charge in [0.15, 0.2) is 0 Å². The lowest BCUT2D eigenvalue weighted by molar-refractivity contribution is -0.137. The topological polar surface area (TPSA) is 57.5 Å². The zero-order valence-corrected chi connectivity index (χ0v) is 15.5. The van der Waals surface area contributed by atoms with Crippen LogP contribution in [0.15, 0.2) is 0 Å². The van der Waals surface area contributed by atoms with Crippen molar-refractivity contribution < 1.29 is 15.0 Å². The second kappa shape index (κ2) is 17.7. The fourth-order valence-electron chi connectivity index (χ4n) is 2.19. The Labute approximate surface area is 146 Å². The molecule has 0 bridgehead atoms. The molecule has 0 aromatic rings. The fourth-order valence-corrected chi connectivity index (χ4v) is 3.21. The van der Waals surface area contributed by atoms with E-state index in [-0.39, 0.29) is 0 Å². The van der Waals surface area contributed by atoms with Crippen molar-refractivity contribution in [2.75, 3.05) is 11.5 Å². The Hall–Kier alpha value is -0.660. The van der Waals surface area contributed by atoms with E-state index < -0.39 is 12.1 Å². The van der Waals surface area contributed by atoms with E-state index in [2.05, 4.69) is 18.8 Å². The molecule has 0 fully saturated rings. The maximum absolute atomic E-state index is 10.3. The minimum Gasteiger partial charge on any atom is -0.481 e. The van der Waals surface area contributed by atoms with Gasteiger partial charge in [-0.05, 0) is 43.6 Å². The molecule has 0 amide bonds. The van der Waals surface area contributed by atoms with E-state index in [0.29, 0.717) is 6.42 Å². The van der Waals surface area contributed by atoms with Crippen LogP contribution in [0.3, 0.4) is 0 Å². The number of carbonyl (C=O) groups is 1. The number of rotatable bonds is 15. The molecule has 0 saturated carbocycles. The second-order valence-electron chi connectivity index (χ2n) is 5.96. The first-order chi connectivity index (χ1) is 11.2. The lowest BCUT2D eigenvalue weighted by atomic mass is 10.1. The lowest BCUT2D eigenvalue weighted by Gasteiger charge is -2.02. The molecule has 134 valence electrons. The molecule has 0 aliphatic carbocycles. The summed E-state index contributed by atoms with van der Waals surface area (Å²) in [6.07, 6.45) is 11.7. The van der Waals surface area contributed by atoms with Gasteiger partial charge in [0.1, 0.15) is 6.10 Å². The maximum atomic E-state index is 10.3. The Bertz CT molecular complexity index is 333. The predicted octanol–water partition coefficient (Wildman–Crippen LogP) is 4.87. The third kappa shape index (κ3) is 19.3. The van der Waals surface area contributed by atoms with Crippen molar-refractivity contribution in [3.63, 3.8) is 0 Å². The summed E-state index contributed by atoms with van der Waals surface area (Å²) in [6, 6.07) is 0. The summed E-state index contributed by atoms with van der Waals surface area (Å²) in [5, 5.41) is 18.1. The molecule has 0 aromatic heterocycles. The fraction of sp³-hybridized carbons (Fsp3) is 0.842. The van der Waals surface area contributed by atoms with Crippen molar-refractivity contribution >= 4 is 17.7 Å². The summed E-state index contributed by atoms with van der Waals surface area (Å²) in [4.78, 5) is 10.3. The van der Waals surface area contributed by atoms with Crippen LogP contribution in [0.25, 0.3) is 0 Å². The first-order valence-electron chi connectivity index (χ1n) is 9.12. The molecule has 23 heavy (non-hydrogen) atoms. The molecule has 0 radical (unpaired) electrons. The van der Waals surface area contributed by atoms with Crippen molar-refractivity contribution in [3.8, 4) is 11.8 Å². The van der Waals surface area contributed by atoms with E-state index in [1.807, 2.05) is 11.8 Å². The summed E-state index contributed by atoms with van der Waals surface area (Å²) in [6.45, 7) is 2.12. The van der Waals surface area contributed by atoms with Crippen LogP contribution in [-0.2, 0) is 4.79 Å². The van der Waals surface area contributed by atoms with Crippen molar-refractivity contribution in [2.24, 2.45) is 0 Å². The van der Waals surface area contributed by atoms with Crippen LogP contribution >= 0.6 is 11.8 Å². The standard InChI is InChI=1S/C19H34O3S/c1-2-3-13-18(20)14-9-7-5-4-6-8-11-16-23-17-12-10-15-19(21)22/h18,20H,2-8,10-13,15-17H2,1H3,(H,21,22)/t18-/m1/s1. The number of aliphatic hydroxyl groups excluding tert-OH is 1. The number of hydrogen-bond donors (Lipinski definition) is 2. The van der Waals surface area contributed by atoms with Gasteiger partial charge < -0.3 is 10.2 Å². The highest BCUT2D eigenvalue weighted by atomic mass is 32.2. The molecule has 3 nitrogen and oxygen atoms in total. The number of aliphatic hydroxyl groups is 1. The van der Waals surface area contributed by atoms with Crippen LogP contribution in [0, 0.1) is 11.8 Å². The molecular weight excluding hydrogens is 308 g/mol. The summed E-state index contributed by atoms with van der Waals surface area (Å²) in [5.41, 5.74) is 0. The molecule has 2 N–H and O–H groups in total. The summed E-state index contributed by atoms with van der Waals surface area (Å²) >= 11 is 1.94. The molecule has 0 saturated heterocycles. The Morgan fingerprint density at radius 2 is 1.65 bits per heavy atom. The quantitative estimate of drug-likeness (QED) is 0.329. The third-order valence-corrected chi connectivity index (χ3v) is 4.77. The van der Waals surface area contributed by atoms with Gasteiger partial charge in [-0.3, -0.25) is 4.79 Å². The Morgan fingerprint density at radius 1 is 1.00 bits per heavy atom. The summed E-state index contributed by atoms with van der Waals surface area (Å²) in [7, 11) is 0. The van der Waals surface area contributed by atoms with E-state index in [0.717, 1.165) is 50.7 Å². The molecule has 0 heterocycles. The monoisotopic (exact) mass is 342 g/mol. The molecule has 0 aliphatic rings. The van der Waals surface area contributed by atoms with Gasteiger partial charge in [-0.1, -0.05) is 44.9 Å². The van der Waals surface area contributed by atoms with E-state index in [4.69, 9.17) is 5.11 Å². The van der Waals surface area contributed by atoms with Crippen molar-refractivity contribution in [1.82, 2.24) is 0 Å². The zero-order chi connectivity index (χ0) is 17.2. The average molecular weight is 343 g/mol. The highest BCUT2D eigenvalue weighted by Gasteiger charge is 1.97. The predicted molar refractivity (Wildman–Crippen MR) is 99.8 cm³/mol. The molecule has 1 atom stereocenters. The number of aliphatic carboxylic acids is 1. The van der Waals surface area contributed by atoms with Crippen molar-refractivity contribution in [2.45, 2.75) is 90.1 Å². The highest BCUT2D eigenvalue weighted by Crippen LogP contribution is 2.12. The van der Waals surface area contributed by atoms with Gasteiger partial charge in [0.25, 0.3) is 0 Å². The lowest BCUT2D eigenvalue weighted by Crippen LogP contribution is -2.01. The van der Waals surface area contributed by atoms with Gasteiger partial charge in [-0.25, -0.2) is 0 Å². The molecule has 0 aliphatic heterocycles. The van der Waals surface area contributed by atoms with Crippen LogP contribution in [0.4, 0.5) is 0 Å². The summed E-state index contributed by atoms with van der Waals surface area (Å²) in [5.74, 6) is 7.60. The van der Waals surface area contributed by atoms with E-state index in [1.165, 1.54) is 31.4 Å². The highest BCUT2D eigenvalue weighted by molar-refractivity contribution is 7.99. The van der Waals surface area contributed by atoms with Crippen LogP contribution in [0.2, 0.25) is 0 Å². The van der Waals surface area contributed by atoms with E-state index >= 15 is 0 Å². The molecular formula is C19H34O3S. The second-order valence-corrected chi connectivity index (χ2v) is 7.18. The van der Waals surface area contributed by atoms with Crippen molar-refractivity contribution in [1.29, 1.82) is 0 Å². The van der Waals surface area contributed by atoms with Crippen LogP contribution < -0.4 is 0 Å². The third-order valence-electron chi connectivity index (χ3n) is 3.62. The Morgan fingerprint density at radius 3 is 2.35 bits per heavy atom. The summed E-state index contributed by atoms with van der Waals surface area (Å²) < 4.78 is 0. The van der Waals surface area contributed by atoms with Crippen LogP contribution in [0.1, 0.15) is 84.0 Å². The van der Waals surface area contributed by atoms with Gasteiger partial charge >= 0.3 is 5.97 Å². The molecule has 0 rings (SSSR count). The minimum absolute atomic E-state index is 0.305. The van der Waals surface area contributed by atoms with Gasteiger partial charge in [-0.2, -0.15) is 11.8 Å². The molecule has 0 aromatic carbocycles. The first kappa shape index (κ1) is 22.3. The normalized spacial score (nSPS) is 11.7. The number of thioether (sulfide) groups is 1. The van der Waals surface area contributed by atoms with Gasteiger partial charge in [0, 0.05) is 12.8 Å².